The summed E-state index contributed by atoms with van der Waals surface area (Å²) in [6, 6.07) is 6.62. The van der Waals surface area contributed by atoms with Crippen molar-refractivity contribution in [3.05, 3.63) is 47.8 Å². The van der Waals surface area contributed by atoms with Crippen molar-refractivity contribution >= 4 is 0 Å². The number of aromatic nitrogens is 3. The Kier molecular flexibility index (Phi) is 5.24. The van der Waals surface area contributed by atoms with E-state index in [1.54, 1.807) is 6.33 Å². The maximum atomic E-state index is 12.8. The summed E-state index contributed by atoms with van der Waals surface area (Å²) in [6.07, 6.45) is 2.47. The lowest BCUT2D eigenvalue weighted by Crippen LogP contribution is -2.21. The Balaban J connectivity index is 1.76. The predicted molar refractivity (Wildman–Crippen MR) is 76.7 cm³/mol. The molecule has 0 amide bonds. The van der Waals surface area contributed by atoms with Crippen LogP contribution in [0.25, 0.3) is 0 Å². The summed E-state index contributed by atoms with van der Waals surface area (Å²) >= 11 is 0. The van der Waals surface area contributed by atoms with Gasteiger partial charge in [0.15, 0.2) is 0 Å². The van der Waals surface area contributed by atoms with Crippen molar-refractivity contribution in [1.29, 1.82) is 0 Å². The van der Waals surface area contributed by atoms with Crippen LogP contribution in [0, 0.1) is 11.7 Å². The fourth-order valence-electron chi connectivity index (χ4n) is 2.01. The summed E-state index contributed by atoms with van der Waals surface area (Å²) in [5.74, 6) is 1.32. The molecule has 4 nitrogen and oxygen atoms in total. The van der Waals surface area contributed by atoms with Crippen molar-refractivity contribution in [3.63, 3.8) is 0 Å². The van der Waals surface area contributed by atoms with Gasteiger partial charge in [-0.3, -0.25) is 0 Å². The lowest BCUT2D eigenvalue weighted by atomic mass is 10.1. The molecule has 0 fully saturated rings. The number of nitrogens with one attached hydrogen (secondary N) is 1. The van der Waals surface area contributed by atoms with E-state index in [0.717, 1.165) is 30.9 Å². The van der Waals surface area contributed by atoms with Gasteiger partial charge in [-0.15, -0.1) is 0 Å². The van der Waals surface area contributed by atoms with Gasteiger partial charge in [0.2, 0.25) is 0 Å². The zero-order valence-electron chi connectivity index (χ0n) is 12.0. The second-order valence-electron chi connectivity index (χ2n) is 5.31. The maximum absolute atomic E-state index is 12.8. The number of hydrogen-bond donors (Lipinski definition) is 1. The first-order chi connectivity index (χ1) is 9.65. The lowest BCUT2D eigenvalue weighted by molar-refractivity contribution is 0.458. The predicted octanol–water partition coefficient (Wildman–Crippen LogP) is 2.41. The molecule has 2 rings (SSSR count). The molecule has 0 bridgehead atoms. The minimum atomic E-state index is -0.191. The molecule has 0 atom stereocenters. The van der Waals surface area contributed by atoms with Crippen LogP contribution in [0.1, 0.15) is 25.2 Å². The molecule has 20 heavy (non-hydrogen) atoms. The van der Waals surface area contributed by atoms with Crippen LogP contribution in [0.3, 0.4) is 0 Å². The Morgan fingerprint density at radius 2 is 2.00 bits per heavy atom. The largest absolute Gasteiger partial charge is 0.310 e. The SMILES string of the molecule is CC(C)Cn1ncnc1CNCCc1ccc(F)cc1. The van der Waals surface area contributed by atoms with Crippen molar-refractivity contribution in [3.8, 4) is 0 Å². The topological polar surface area (TPSA) is 42.7 Å². The molecule has 0 unspecified atom stereocenters. The molecule has 0 saturated carbocycles. The quantitative estimate of drug-likeness (QED) is 0.790. The average molecular weight is 276 g/mol. The highest BCUT2D eigenvalue weighted by Gasteiger charge is 2.05. The van der Waals surface area contributed by atoms with Gasteiger partial charge < -0.3 is 5.32 Å². The molecule has 1 heterocycles. The molecule has 0 spiro atoms. The summed E-state index contributed by atoms with van der Waals surface area (Å²) in [5.41, 5.74) is 1.13. The van der Waals surface area contributed by atoms with Crippen LogP contribution in [-0.4, -0.2) is 21.3 Å². The van der Waals surface area contributed by atoms with E-state index < -0.39 is 0 Å². The van der Waals surface area contributed by atoms with Gasteiger partial charge in [-0.05, 0) is 36.6 Å². The summed E-state index contributed by atoms with van der Waals surface area (Å²) in [6.45, 7) is 6.74. The third-order valence-electron chi connectivity index (χ3n) is 3.02. The Morgan fingerprint density at radius 3 is 2.70 bits per heavy atom. The number of halogens is 1. The van der Waals surface area contributed by atoms with E-state index in [4.69, 9.17) is 0 Å². The van der Waals surface area contributed by atoms with E-state index >= 15 is 0 Å². The van der Waals surface area contributed by atoms with Crippen LogP contribution in [0.5, 0.6) is 0 Å². The van der Waals surface area contributed by atoms with Crippen LogP contribution in [-0.2, 0) is 19.5 Å². The highest BCUT2D eigenvalue weighted by molar-refractivity contribution is 5.16. The zero-order chi connectivity index (χ0) is 14.4. The summed E-state index contributed by atoms with van der Waals surface area (Å²) in [5, 5.41) is 7.57. The van der Waals surface area contributed by atoms with Crippen molar-refractivity contribution in [2.24, 2.45) is 5.92 Å². The number of hydrogen-bond acceptors (Lipinski definition) is 3. The average Bonchev–Trinajstić information content (AvgIpc) is 2.83. The first kappa shape index (κ1) is 14.7. The molecule has 1 aromatic heterocycles. The van der Waals surface area contributed by atoms with Crippen LogP contribution < -0.4 is 5.32 Å². The second-order valence-corrected chi connectivity index (χ2v) is 5.31. The molecule has 0 aliphatic carbocycles. The van der Waals surface area contributed by atoms with E-state index in [9.17, 15) is 4.39 Å². The van der Waals surface area contributed by atoms with Crippen LogP contribution in [0.15, 0.2) is 30.6 Å². The van der Waals surface area contributed by atoms with Crippen molar-refractivity contribution in [1.82, 2.24) is 20.1 Å². The lowest BCUT2D eigenvalue weighted by Gasteiger charge is -2.09. The van der Waals surface area contributed by atoms with Crippen molar-refractivity contribution in [2.75, 3.05) is 6.54 Å². The molecule has 0 aliphatic heterocycles. The Labute approximate surface area is 119 Å². The molecule has 108 valence electrons. The van der Waals surface area contributed by atoms with E-state index in [-0.39, 0.29) is 5.82 Å². The smallest absolute Gasteiger partial charge is 0.140 e. The summed E-state index contributed by atoms with van der Waals surface area (Å²) < 4.78 is 14.7. The van der Waals surface area contributed by atoms with Crippen LogP contribution in [0.2, 0.25) is 0 Å². The molecule has 1 N–H and O–H groups in total. The standard InChI is InChI=1S/C15H21FN4/c1-12(2)10-20-15(18-11-19-20)9-17-8-7-13-3-5-14(16)6-4-13/h3-6,11-12,17H,7-10H2,1-2H3. The number of rotatable bonds is 7. The molecular formula is C15H21FN4. The maximum Gasteiger partial charge on any atom is 0.140 e. The third-order valence-corrected chi connectivity index (χ3v) is 3.02. The fraction of sp³-hybridized carbons (Fsp3) is 0.467. The normalized spacial score (nSPS) is 11.2. The number of benzene rings is 1. The monoisotopic (exact) mass is 276 g/mol. The second kappa shape index (κ2) is 7.14. The van der Waals surface area contributed by atoms with E-state index in [1.807, 2.05) is 16.8 Å². The van der Waals surface area contributed by atoms with E-state index in [2.05, 4.69) is 29.2 Å². The van der Waals surface area contributed by atoms with Gasteiger partial charge in [0.25, 0.3) is 0 Å². The molecule has 1 aromatic carbocycles. The molecule has 0 aliphatic rings. The summed E-state index contributed by atoms with van der Waals surface area (Å²) in [7, 11) is 0. The van der Waals surface area contributed by atoms with Crippen LogP contribution in [0.4, 0.5) is 4.39 Å². The first-order valence-corrected chi connectivity index (χ1v) is 6.97. The highest BCUT2D eigenvalue weighted by Crippen LogP contribution is 2.03. The van der Waals surface area contributed by atoms with E-state index in [1.165, 1.54) is 12.1 Å². The zero-order valence-corrected chi connectivity index (χ0v) is 12.0. The Morgan fingerprint density at radius 1 is 1.25 bits per heavy atom. The van der Waals surface area contributed by atoms with Gasteiger partial charge in [-0.25, -0.2) is 14.1 Å². The molecule has 0 saturated heterocycles. The van der Waals surface area contributed by atoms with Crippen molar-refractivity contribution < 1.29 is 4.39 Å². The first-order valence-electron chi connectivity index (χ1n) is 6.97. The van der Waals surface area contributed by atoms with Crippen LogP contribution >= 0.6 is 0 Å². The van der Waals surface area contributed by atoms with Gasteiger partial charge in [-0.1, -0.05) is 26.0 Å². The fourth-order valence-corrected chi connectivity index (χ4v) is 2.01. The molecule has 0 radical (unpaired) electrons. The van der Waals surface area contributed by atoms with E-state index in [0.29, 0.717) is 12.5 Å². The molecular weight excluding hydrogens is 255 g/mol. The van der Waals surface area contributed by atoms with Gasteiger partial charge >= 0.3 is 0 Å². The molecule has 2 aromatic rings. The van der Waals surface area contributed by atoms with Crippen molar-refractivity contribution in [2.45, 2.75) is 33.4 Å². The highest BCUT2D eigenvalue weighted by atomic mass is 19.1. The summed E-state index contributed by atoms with van der Waals surface area (Å²) in [4.78, 5) is 4.27. The minimum absolute atomic E-state index is 0.191. The van der Waals surface area contributed by atoms with Gasteiger partial charge in [-0.2, -0.15) is 5.10 Å². The number of nitrogens with zero attached hydrogens (tertiary/aromatic N) is 3. The van der Waals surface area contributed by atoms with Gasteiger partial charge in [0.05, 0.1) is 6.54 Å². The Bertz CT molecular complexity index is 519. The third kappa shape index (κ3) is 4.42. The molecule has 5 heteroatoms. The Hall–Kier alpha value is -1.75. The minimum Gasteiger partial charge on any atom is -0.310 e. The van der Waals surface area contributed by atoms with Gasteiger partial charge in [0.1, 0.15) is 18.0 Å². The van der Waals surface area contributed by atoms with Gasteiger partial charge in [0, 0.05) is 6.54 Å².